The molecule has 3 nitrogen and oxygen atoms in total. The summed E-state index contributed by atoms with van der Waals surface area (Å²) in [6, 6.07) is 9.57. The molecule has 0 aliphatic carbocycles. The summed E-state index contributed by atoms with van der Waals surface area (Å²) in [4.78, 5) is 0. The number of rotatable bonds is 7. The van der Waals surface area contributed by atoms with Crippen molar-refractivity contribution in [1.82, 2.24) is 5.32 Å². The lowest BCUT2D eigenvalue weighted by Gasteiger charge is -2.21. The molecule has 1 rings (SSSR count). The zero-order valence-electron chi connectivity index (χ0n) is 12.0. The van der Waals surface area contributed by atoms with E-state index < -0.39 is 12.2 Å². The van der Waals surface area contributed by atoms with E-state index in [1.54, 1.807) is 0 Å². The summed E-state index contributed by atoms with van der Waals surface area (Å²) < 4.78 is 0. The fourth-order valence-electron chi connectivity index (χ4n) is 1.98. The molecule has 0 aliphatic rings. The van der Waals surface area contributed by atoms with Crippen molar-refractivity contribution >= 4 is 0 Å². The van der Waals surface area contributed by atoms with Crippen LogP contribution in [0.3, 0.4) is 0 Å². The van der Waals surface area contributed by atoms with E-state index in [0.29, 0.717) is 13.0 Å². The van der Waals surface area contributed by atoms with Gasteiger partial charge in [0.2, 0.25) is 0 Å². The molecule has 0 radical (unpaired) electrons. The second kappa shape index (κ2) is 8.10. The van der Waals surface area contributed by atoms with Crippen molar-refractivity contribution in [3.8, 4) is 0 Å². The second-order valence-corrected chi connectivity index (χ2v) is 5.20. The van der Waals surface area contributed by atoms with Crippen molar-refractivity contribution in [3.05, 3.63) is 47.5 Å². The van der Waals surface area contributed by atoms with Gasteiger partial charge < -0.3 is 15.5 Å². The first kappa shape index (κ1) is 15.9. The van der Waals surface area contributed by atoms with Gasteiger partial charge in [0.05, 0.1) is 12.2 Å². The molecule has 0 saturated heterocycles. The Balaban J connectivity index is 2.35. The lowest BCUT2D eigenvalue weighted by atomic mass is 10.0. The molecule has 0 fully saturated rings. The quantitative estimate of drug-likeness (QED) is 0.662. The number of hydrogen-bond acceptors (Lipinski definition) is 3. The van der Waals surface area contributed by atoms with Gasteiger partial charge >= 0.3 is 0 Å². The van der Waals surface area contributed by atoms with Crippen LogP contribution in [0.4, 0.5) is 0 Å². The molecule has 0 aliphatic heterocycles. The van der Waals surface area contributed by atoms with E-state index in [1.165, 1.54) is 0 Å². The molecule has 0 amide bonds. The number of hydrogen-bond donors (Lipinski definition) is 3. The molecule has 1 aromatic carbocycles. The summed E-state index contributed by atoms with van der Waals surface area (Å²) in [5.74, 6) is 0. The summed E-state index contributed by atoms with van der Waals surface area (Å²) in [6.07, 6.45) is 1.55. The van der Waals surface area contributed by atoms with Crippen LogP contribution in [-0.4, -0.2) is 28.9 Å². The molecule has 106 valence electrons. The SMILES string of the molecule is CC(C)=CC(O)CCNC(C)C(O)c1ccccc1. The normalized spacial score (nSPS) is 15.6. The summed E-state index contributed by atoms with van der Waals surface area (Å²) in [5, 5.41) is 23.1. The molecule has 3 atom stereocenters. The highest BCUT2D eigenvalue weighted by Gasteiger charge is 2.15. The molecule has 1 aromatic rings. The maximum atomic E-state index is 10.2. The molecule has 19 heavy (non-hydrogen) atoms. The van der Waals surface area contributed by atoms with Gasteiger partial charge in [-0.1, -0.05) is 42.0 Å². The smallest absolute Gasteiger partial charge is 0.0940 e. The van der Waals surface area contributed by atoms with Crippen LogP contribution in [-0.2, 0) is 0 Å². The predicted octanol–water partition coefficient (Wildman–Crippen LogP) is 2.42. The Hall–Kier alpha value is -1.16. The Bertz CT molecular complexity index is 385. The first-order valence-corrected chi connectivity index (χ1v) is 6.80. The number of nitrogens with one attached hydrogen (secondary N) is 1. The van der Waals surface area contributed by atoms with Crippen LogP contribution < -0.4 is 5.32 Å². The van der Waals surface area contributed by atoms with Crippen molar-refractivity contribution in [2.24, 2.45) is 0 Å². The standard InChI is InChI=1S/C16H25NO2/c1-12(2)11-15(18)9-10-17-13(3)16(19)14-7-5-4-6-8-14/h4-8,11,13,15-19H,9-10H2,1-3H3. The lowest BCUT2D eigenvalue weighted by molar-refractivity contribution is 0.132. The van der Waals surface area contributed by atoms with E-state index in [2.05, 4.69) is 5.32 Å². The average Bonchev–Trinajstić information content (AvgIpc) is 2.37. The topological polar surface area (TPSA) is 52.5 Å². The Labute approximate surface area is 116 Å². The highest BCUT2D eigenvalue weighted by Crippen LogP contribution is 2.15. The molecule has 0 heterocycles. The van der Waals surface area contributed by atoms with E-state index in [-0.39, 0.29) is 6.04 Å². The van der Waals surface area contributed by atoms with Crippen LogP contribution in [0.5, 0.6) is 0 Å². The Morgan fingerprint density at radius 1 is 1.21 bits per heavy atom. The van der Waals surface area contributed by atoms with Gasteiger partial charge in [0.15, 0.2) is 0 Å². The van der Waals surface area contributed by atoms with Gasteiger partial charge in [-0.2, -0.15) is 0 Å². The van der Waals surface area contributed by atoms with Crippen molar-refractivity contribution in [1.29, 1.82) is 0 Å². The molecule has 3 heteroatoms. The van der Waals surface area contributed by atoms with E-state index in [0.717, 1.165) is 11.1 Å². The molecule has 0 bridgehead atoms. The van der Waals surface area contributed by atoms with Crippen LogP contribution in [0.1, 0.15) is 38.9 Å². The molecular formula is C16H25NO2. The van der Waals surface area contributed by atoms with Gasteiger partial charge in [-0.15, -0.1) is 0 Å². The summed E-state index contributed by atoms with van der Waals surface area (Å²) >= 11 is 0. The fraction of sp³-hybridized carbons (Fsp3) is 0.500. The number of aliphatic hydroxyl groups excluding tert-OH is 2. The van der Waals surface area contributed by atoms with Crippen molar-refractivity contribution in [3.63, 3.8) is 0 Å². The Kier molecular flexibility index (Phi) is 6.78. The first-order chi connectivity index (χ1) is 9.00. The molecule has 3 unspecified atom stereocenters. The van der Waals surface area contributed by atoms with Crippen LogP contribution in [0.25, 0.3) is 0 Å². The summed E-state index contributed by atoms with van der Waals surface area (Å²) in [7, 11) is 0. The summed E-state index contributed by atoms with van der Waals surface area (Å²) in [6.45, 7) is 6.57. The summed E-state index contributed by atoms with van der Waals surface area (Å²) in [5.41, 5.74) is 2.03. The second-order valence-electron chi connectivity index (χ2n) is 5.20. The Morgan fingerprint density at radius 2 is 1.84 bits per heavy atom. The largest absolute Gasteiger partial charge is 0.389 e. The van der Waals surface area contributed by atoms with Crippen molar-refractivity contribution < 1.29 is 10.2 Å². The molecular weight excluding hydrogens is 238 g/mol. The zero-order chi connectivity index (χ0) is 14.3. The first-order valence-electron chi connectivity index (χ1n) is 6.80. The number of aliphatic hydroxyl groups is 2. The molecule has 0 aromatic heterocycles. The maximum absolute atomic E-state index is 10.2. The minimum absolute atomic E-state index is 0.0405. The molecule has 0 saturated carbocycles. The number of benzene rings is 1. The van der Waals surface area contributed by atoms with Crippen LogP contribution in [0.15, 0.2) is 42.0 Å². The van der Waals surface area contributed by atoms with Gasteiger partial charge in [-0.05, 0) is 39.3 Å². The van der Waals surface area contributed by atoms with Gasteiger partial charge in [-0.3, -0.25) is 0 Å². The highest BCUT2D eigenvalue weighted by atomic mass is 16.3. The third kappa shape index (κ3) is 6.01. The monoisotopic (exact) mass is 263 g/mol. The van der Waals surface area contributed by atoms with Crippen molar-refractivity contribution in [2.75, 3.05) is 6.54 Å². The van der Waals surface area contributed by atoms with Gasteiger partial charge in [-0.25, -0.2) is 0 Å². The van der Waals surface area contributed by atoms with Crippen LogP contribution in [0.2, 0.25) is 0 Å². The molecule has 3 N–H and O–H groups in total. The molecule has 0 spiro atoms. The van der Waals surface area contributed by atoms with Gasteiger partial charge in [0.25, 0.3) is 0 Å². The van der Waals surface area contributed by atoms with Gasteiger partial charge in [0.1, 0.15) is 0 Å². The van der Waals surface area contributed by atoms with Crippen LogP contribution >= 0.6 is 0 Å². The fourth-order valence-corrected chi connectivity index (χ4v) is 1.98. The van der Waals surface area contributed by atoms with E-state index in [1.807, 2.05) is 57.2 Å². The van der Waals surface area contributed by atoms with E-state index in [9.17, 15) is 10.2 Å². The highest BCUT2D eigenvalue weighted by molar-refractivity contribution is 5.18. The van der Waals surface area contributed by atoms with E-state index in [4.69, 9.17) is 0 Å². The predicted molar refractivity (Wildman–Crippen MR) is 78.9 cm³/mol. The lowest BCUT2D eigenvalue weighted by Crippen LogP contribution is -2.34. The third-order valence-corrected chi connectivity index (χ3v) is 3.05. The number of allylic oxidation sites excluding steroid dienone is 1. The average molecular weight is 263 g/mol. The minimum atomic E-state index is -0.526. The van der Waals surface area contributed by atoms with Crippen molar-refractivity contribution in [2.45, 2.75) is 45.4 Å². The Morgan fingerprint density at radius 3 is 2.42 bits per heavy atom. The minimum Gasteiger partial charge on any atom is -0.389 e. The third-order valence-electron chi connectivity index (χ3n) is 3.05. The maximum Gasteiger partial charge on any atom is 0.0940 e. The van der Waals surface area contributed by atoms with E-state index >= 15 is 0 Å². The van der Waals surface area contributed by atoms with Gasteiger partial charge in [0, 0.05) is 6.04 Å². The zero-order valence-corrected chi connectivity index (χ0v) is 12.0. The van der Waals surface area contributed by atoms with Crippen LogP contribution in [0, 0.1) is 0 Å².